The summed E-state index contributed by atoms with van der Waals surface area (Å²) in [4.78, 5) is 60.2. The van der Waals surface area contributed by atoms with E-state index in [-0.39, 0.29) is 25.9 Å². The van der Waals surface area contributed by atoms with Gasteiger partial charge < -0.3 is 20.3 Å². The van der Waals surface area contributed by atoms with Crippen molar-refractivity contribution in [1.82, 2.24) is 29.5 Å². The number of fused-ring (bicyclic) bond motifs is 1. The number of hydrogen-bond acceptors (Lipinski definition) is 8. The van der Waals surface area contributed by atoms with Crippen LogP contribution in [0.25, 0.3) is 0 Å². The first-order valence-corrected chi connectivity index (χ1v) is 18.7. The molecule has 1 unspecified atom stereocenters. The van der Waals surface area contributed by atoms with Crippen molar-refractivity contribution in [2.24, 2.45) is 5.92 Å². The van der Waals surface area contributed by atoms with Crippen molar-refractivity contribution in [1.29, 1.82) is 0 Å². The van der Waals surface area contributed by atoms with Gasteiger partial charge in [-0.1, -0.05) is 44.4 Å². The second-order valence-electron chi connectivity index (χ2n) is 13.9. The zero-order chi connectivity index (χ0) is 35.1. The number of carbonyl (C=O) groups is 4. The lowest BCUT2D eigenvalue weighted by atomic mass is 9.99. The number of ether oxygens (including phenoxy) is 1. The topological polar surface area (TPSA) is 167 Å². The monoisotopic (exact) mass is 688 g/mol. The van der Waals surface area contributed by atoms with E-state index in [0.717, 1.165) is 24.8 Å². The molecule has 5 atom stereocenters. The summed E-state index contributed by atoms with van der Waals surface area (Å²) in [5.74, 6) is -2.20. The fraction of sp³-hybridized carbons (Fsp3) is 0.676. The van der Waals surface area contributed by atoms with Crippen molar-refractivity contribution in [3.8, 4) is 0 Å². The highest BCUT2D eigenvalue weighted by Gasteiger charge is 2.61. The maximum atomic E-state index is 14.0. The number of nitrogens with zero attached hydrogens (tertiary/aromatic N) is 3. The van der Waals surface area contributed by atoms with Gasteiger partial charge in [-0.25, -0.2) is 9.52 Å². The fourth-order valence-electron chi connectivity index (χ4n) is 6.68. The first-order chi connectivity index (χ1) is 22.7. The fourth-order valence-corrected chi connectivity index (χ4v) is 8.15. The number of rotatable bonds is 7. The Morgan fingerprint density at radius 1 is 1.10 bits per heavy atom. The zero-order valence-corrected chi connectivity index (χ0v) is 29.7. The number of nitrogens with one attached hydrogen (secondary N) is 3. The molecule has 1 saturated heterocycles. The van der Waals surface area contributed by atoms with Crippen molar-refractivity contribution < 1.29 is 32.3 Å². The normalized spacial score (nSPS) is 28.6. The summed E-state index contributed by atoms with van der Waals surface area (Å²) in [5.41, 5.74) is -1.51. The Kier molecular flexibility index (Phi) is 12.3. The molecule has 13 nitrogen and oxygen atoms in total. The zero-order valence-electron chi connectivity index (χ0n) is 28.9. The van der Waals surface area contributed by atoms with Crippen molar-refractivity contribution in [2.75, 3.05) is 13.1 Å². The van der Waals surface area contributed by atoms with Gasteiger partial charge in [-0.05, 0) is 84.3 Å². The SMILES string of the molecule is CC[C@H]1C(=O)N[C@]2(C(=O)NS(=O)(=O)N3CCCCC3c3cccnc3)C[C@H]2/C=C\CCCCC[C@H](NC(=O)OC(C)(C)C)C(=O)N1CC. The predicted octanol–water partition coefficient (Wildman–Crippen LogP) is 3.89. The number of allylic oxidation sites excluding steroid dienone is 1. The molecule has 48 heavy (non-hydrogen) atoms. The molecule has 3 aliphatic rings. The van der Waals surface area contributed by atoms with Gasteiger partial charge >= 0.3 is 16.3 Å². The average Bonchev–Trinajstić information content (AvgIpc) is 3.74. The van der Waals surface area contributed by atoms with Crippen LogP contribution in [0.15, 0.2) is 36.7 Å². The first-order valence-electron chi connectivity index (χ1n) is 17.2. The molecule has 266 valence electrons. The number of piperidine rings is 1. The lowest BCUT2D eigenvalue weighted by molar-refractivity contribution is -0.143. The van der Waals surface area contributed by atoms with Crippen LogP contribution in [0.5, 0.6) is 0 Å². The first kappa shape index (κ1) is 37.3. The maximum Gasteiger partial charge on any atom is 0.408 e. The van der Waals surface area contributed by atoms with Gasteiger partial charge in [-0.2, -0.15) is 12.7 Å². The molecular weight excluding hydrogens is 636 g/mol. The molecule has 4 rings (SSSR count). The highest BCUT2D eigenvalue weighted by atomic mass is 32.2. The molecule has 1 saturated carbocycles. The van der Waals surface area contributed by atoms with Crippen LogP contribution in [0.3, 0.4) is 0 Å². The van der Waals surface area contributed by atoms with Gasteiger partial charge in [0.25, 0.3) is 5.91 Å². The Hall–Kier alpha value is -3.52. The Bertz CT molecular complexity index is 1450. The molecule has 2 aliphatic heterocycles. The summed E-state index contributed by atoms with van der Waals surface area (Å²) >= 11 is 0. The van der Waals surface area contributed by atoms with Crippen LogP contribution in [-0.2, 0) is 29.3 Å². The summed E-state index contributed by atoms with van der Waals surface area (Å²) in [5, 5.41) is 5.60. The number of hydrogen-bond donors (Lipinski definition) is 3. The number of carbonyl (C=O) groups excluding carboxylic acids is 4. The Labute approximate surface area is 284 Å². The minimum absolute atomic E-state index is 0.179. The molecule has 1 aromatic heterocycles. The van der Waals surface area contributed by atoms with Gasteiger partial charge in [-0.15, -0.1) is 0 Å². The van der Waals surface area contributed by atoms with E-state index < -0.39 is 69.2 Å². The molecular formula is C34H52N6O7S. The third-order valence-electron chi connectivity index (χ3n) is 9.23. The van der Waals surface area contributed by atoms with Gasteiger partial charge in [0.1, 0.15) is 23.2 Å². The van der Waals surface area contributed by atoms with Crippen LogP contribution < -0.4 is 15.4 Å². The van der Waals surface area contributed by atoms with Crippen molar-refractivity contribution in [3.05, 3.63) is 42.2 Å². The molecule has 3 heterocycles. The highest BCUT2D eigenvalue weighted by molar-refractivity contribution is 7.87. The highest BCUT2D eigenvalue weighted by Crippen LogP contribution is 2.46. The number of pyridine rings is 1. The van der Waals surface area contributed by atoms with Gasteiger partial charge in [0.15, 0.2) is 0 Å². The van der Waals surface area contributed by atoms with E-state index in [1.807, 2.05) is 18.2 Å². The number of aromatic nitrogens is 1. The molecule has 14 heteroatoms. The third kappa shape index (κ3) is 9.13. The molecule has 1 aliphatic carbocycles. The molecule has 1 aromatic rings. The van der Waals surface area contributed by atoms with Gasteiger partial charge in [0.05, 0.1) is 6.04 Å². The minimum atomic E-state index is -4.29. The number of amides is 4. The molecule has 0 radical (unpaired) electrons. The summed E-state index contributed by atoms with van der Waals surface area (Å²) in [6.07, 6.45) is 12.3. The van der Waals surface area contributed by atoms with E-state index in [0.29, 0.717) is 32.1 Å². The van der Waals surface area contributed by atoms with Crippen LogP contribution in [0.1, 0.15) is 110 Å². The van der Waals surface area contributed by atoms with E-state index in [2.05, 4.69) is 20.3 Å². The Morgan fingerprint density at radius 2 is 1.85 bits per heavy atom. The average molecular weight is 689 g/mol. The molecule has 2 fully saturated rings. The summed E-state index contributed by atoms with van der Waals surface area (Å²) in [6.45, 7) is 9.16. The second kappa shape index (κ2) is 15.8. The predicted molar refractivity (Wildman–Crippen MR) is 180 cm³/mol. The van der Waals surface area contributed by atoms with Crippen LogP contribution in [0.4, 0.5) is 4.79 Å². The van der Waals surface area contributed by atoms with Gasteiger partial charge in [-0.3, -0.25) is 19.4 Å². The van der Waals surface area contributed by atoms with Crippen LogP contribution >= 0.6 is 0 Å². The number of alkyl carbamates (subject to hydrolysis) is 1. The number of likely N-dealkylation sites (N-methyl/N-ethyl adjacent to an activating group) is 1. The lowest BCUT2D eigenvalue weighted by Crippen LogP contribution is -2.60. The standard InChI is InChI=1S/C34H52N6O7S/c1-6-27-29(41)37-34(31(43)38-48(45,46)40-21-14-13-19-28(40)24-16-15-20-35-23-24)22-25(34)17-11-9-8-10-12-18-26(30(42)39(27)7-2)36-32(44)47-33(3,4)5/h11,15-17,20,23,25-28H,6-10,12-14,18-19,21-22H2,1-5H3,(H,36,44)(H,37,41)(H,38,43)/b17-11-/t25-,26+,27+,28?,34-/m1/s1. The van der Waals surface area contributed by atoms with Crippen LogP contribution in [0, 0.1) is 5.92 Å². The van der Waals surface area contributed by atoms with Crippen molar-refractivity contribution in [3.63, 3.8) is 0 Å². The van der Waals surface area contributed by atoms with Gasteiger partial charge in [0, 0.05) is 31.4 Å². The van der Waals surface area contributed by atoms with Gasteiger partial charge in [0.2, 0.25) is 11.8 Å². The Balaban J connectivity index is 1.58. The molecule has 0 aromatic carbocycles. The quantitative estimate of drug-likeness (QED) is 0.363. The summed E-state index contributed by atoms with van der Waals surface area (Å²) in [6, 6.07) is 1.25. The van der Waals surface area contributed by atoms with E-state index in [1.165, 1.54) is 9.21 Å². The maximum absolute atomic E-state index is 14.0. The molecule has 3 N–H and O–H groups in total. The van der Waals surface area contributed by atoms with E-state index in [9.17, 15) is 27.6 Å². The smallest absolute Gasteiger partial charge is 0.408 e. The van der Waals surface area contributed by atoms with Crippen molar-refractivity contribution in [2.45, 2.75) is 128 Å². The lowest BCUT2D eigenvalue weighted by Gasteiger charge is -2.35. The third-order valence-corrected chi connectivity index (χ3v) is 10.7. The van der Waals surface area contributed by atoms with Crippen molar-refractivity contribution >= 4 is 34.0 Å². The largest absolute Gasteiger partial charge is 0.444 e. The van der Waals surface area contributed by atoms with E-state index in [4.69, 9.17) is 4.74 Å². The van der Waals surface area contributed by atoms with E-state index in [1.54, 1.807) is 53.1 Å². The molecule has 0 bridgehead atoms. The summed E-state index contributed by atoms with van der Waals surface area (Å²) < 4.78 is 36.6. The van der Waals surface area contributed by atoms with E-state index >= 15 is 0 Å². The molecule has 0 spiro atoms. The minimum Gasteiger partial charge on any atom is -0.444 e. The van der Waals surface area contributed by atoms with Crippen LogP contribution in [0.2, 0.25) is 0 Å². The van der Waals surface area contributed by atoms with Crippen LogP contribution in [-0.4, -0.2) is 82.7 Å². The molecule has 4 amide bonds. The second-order valence-corrected chi connectivity index (χ2v) is 15.6. The Morgan fingerprint density at radius 3 is 2.52 bits per heavy atom. The summed E-state index contributed by atoms with van der Waals surface area (Å²) in [7, 11) is -4.29.